The molecular formula is C14H20O10. The van der Waals surface area contributed by atoms with Crippen LogP contribution in [0.15, 0.2) is 0 Å². The zero-order valence-electron chi connectivity index (χ0n) is 16.3. The molecule has 0 saturated carbocycles. The molecule has 0 amide bonds. The maximum Gasteiger partial charge on any atom is 0.229 e. The van der Waals surface area contributed by atoms with Crippen molar-refractivity contribution in [1.82, 2.24) is 0 Å². The second kappa shape index (κ2) is 7.36. The SMILES string of the molecule is [2H]CC(=O)C(=O)[C@@H](O)[C@](O)(C(=O)C[2H])[C@H](O)[C@@](O)(C(=O)C[2H])C(O)C(=O)C[2H]. The van der Waals surface area contributed by atoms with Crippen molar-refractivity contribution in [3.8, 4) is 0 Å². The minimum Gasteiger partial charge on any atom is -0.386 e. The monoisotopic (exact) mass is 352 g/mol. The van der Waals surface area contributed by atoms with Gasteiger partial charge in [0.05, 0.1) is 0 Å². The molecule has 0 aromatic heterocycles. The van der Waals surface area contributed by atoms with Gasteiger partial charge in [0.25, 0.3) is 0 Å². The van der Waals surface area contributed by atoms with Crippen molar-refractivity contribution < 1.29 is 55.0 Å². The summed E-state index contributed by atoms with van der Waals surface area (Å²) in [6.07, 6.45) is -9.50. The van der Waals surface area contributed by atoms with Crippen molar-refractivity contribution in [2.24, 2.45) is 0 Å². The Morgan fingerprint density at radius 3 is 1.62 bits per heavy atom. The normalized spacial score (nSPS) is 22.2. The zero-order chi connectivity index (χ0) is 22.4. The first-order chi connectivity index (χ1) is 12.8. The van der Waals surface area contributed by atoms with Crippen LogP contribution in [0.4, 0.5) is 0 Å². The molecule has 0 radical (unpaired) electrons. The van der Waals surface area contributed by atoms with Gasteiger partial charge in [-0.1, -0.05) is 0 Å². The highest BCUT2D eigenvalue weighted by atomic mass is 16.4. The van der Waals surface area contributed by atoms with Crippen molar-refractivity contribution in [2.45, 2.75) is 57.1 Å². The van der Waals surface area contributed by atoms with E-state index in [1.807, 2.05) is 0 Å². The molecule has 0 bridgehead atoms. The molecule has 1 unspecified atom stereocenters. The fourth-order valence-electron chi connectivity index (χ4n) is 1.84. The van der Waals surface area contributed by atoms with Gasteiger partial charge in [-0.3, -0.25) is 24.0 Å². The number of Topliss-reactive ketones (excluding diaryl/α,β-unsaturated/α-hetero) is 5. The van der Waals surface area contributed by atoms with E-state index in [0.29, 0.717) is 0 Å². The van der Waals surface area contributed by atoms with E-state index in [1.165, 1.54) is 0 Å². The van der Waals surface area contributed by atoms with Gasteiger partial charge in [0.15, 0.2) is 46.5 Å². The van der Waals surface area contributed by atoms with E-state index >= 15 is 0 Å². The first-order valence-corrected chi connectivity index (χ1v) is 6.14. The van der Waals surface area contributed by atoms with Crippen molar-refractivity contribution in [3.05, 3.63) is 0 Å². The summed E-state index contributed by atoms with van der Waals surface area (Å²) in [6.45, 7) is -5.37. The minimum atomic E-state index is -3.94. The Bertz CT molecular complexity index is 656. The van der Waals surface area contributed by atoms with Crippen LogP contribution in [0.2, 0.25) is 0 Å². The average Bonchev–Trinajstić information content (AvgIpc) is 2.72. The summed E-state index contributed by atoms with van der Waals surface area (Å²) >= 11 is 0. The molecule has 0 aliphatic heterocycles. The number of carbonyl (C=O) groups is 5. The summed E-state index contributed by atoms with van der Waals surface area (Å²) in [7, 11) is 0. The zero-order valence-corrected chi connectivity index (χ0v) is 12.3. The van der Waals surface area contributed by atoms with E-state index < -0.39 is 86.0 Å². The average molecular weight is 352 g/mol. The predicted octanol–water partition coefficient (Wildman–Crippen LogP) is -3.54. The van der Waals surface area contributed by atoms with Gasteiger partial charge in [-0.25, -0.2) is 0 Å². The van der Waals surface area contributed by atoms with Gasteiger partial charge in [0.1, 0.15) is 6.10 Å². The number of ketones is 5. The third-order valence-corrected chi connectivity index (χ3v) is 3.39. The van der Waals surface area contributed by atoms with Gasteiger partial charge in [0, 0.05) is 12.4 Å². The van der Waals surface area contributed by atoms with Gasteiger partial charge in [-0.15, -0.1) is 0 Å². The maximum atomic E-state index is 12.0. The number of hydrogen-bond acceptors (Lipinski definition) is 10. The van der Waals surface area contributed by atoms with Crippen LogP contribution in [0, 0.1) is 0 Å². The lowest BCUT2D eigenvalue weighted by Crippen LogP contribution is -2.73. The third-order valence-electron chi connectivity index (χ3n) is 3.39. The molecule has 0 heterocycles. The Labute approximate surface area is 142 Å². The van der Waals surface area contributed by atoms with E-state index in [0.717, 1.165) is 0 Å². The molecule has 10 heteroatoms. The molecule has 0 aromatic rings. The Hall–Kier alpha value is -1.85. The standard InChI is InChI=1S/C14H20O10/c1-5(15)9(19)11(21)14(24,8(4)18)12(22)13(23,7(3)17)10(20)6(2)16/h10-12,20-24H,1-4H3/t10?,11-,12-,13-,14-/m1/s1/i1D,2D,3D,4D. The van der Waals surface area contributed by atoms with Gasteiger partial charge in [-0.2, -0.15) is 0 Å². The molecule has 136 valence electrons. The highest BCUT2D eigenvalue weighted by Gasteiger charge is 2.63. The van der Waals surface area contributed by atoms with Crippen molar-refractivity contribution in [1.29, 1.82) is 0 Å². The molecule has 10 nitrogen and oxygen atoms in total. The molecule has 0 aromatic carbocycles. The Balaban J connectivity index is 6.64. The molecule has 0 fully saturated rings. The van der Waals surface area contributed by atoms with Crippen molar-refractivity contribution in [2.75, 3.05) is 0 Å². The molecule has 0 spiro atoms. The molecule has 0 saturated heterocycles. The minimum absolute atomic E-state index is 1.24. The summed E-state index contributed by atoms with van der Waals surface area (Å²) in [6, 6.07) is 0. The first kappa shape index (κ1) is 15.7. The summed E-state index contributed by atoms with van der Waals surface area (Å²) < 4.78 is 27.7. The smallest absolute Gasteiger partial charge is 0.229 e. The van der Waals surface area contributed by atoms with E-state index in [4.69, 9.17) is 5.48 Å². The number of carbonyl (C=O) groups excluding carboxylic acids is 5. The van der Waals surface area contributed by atoms with Crippen LogP contribution in [-0.4, -0.2) is 84.0 Å². The van der Waals surface area contributed by atoms with Crippen LogP contribution < -0.4 is 0 Å². The Kier molecular flexibility index (Phi) is 4.81. The quantitative estimate of drug-likeness (QED) is 0.260. The molecule has 0 rings (SSSR count). The van der Waals surface area contributed by atoms with Crippen LogP contribution in [0.5, 0.6) is 0 Å². The summed E-state index contributed by atoms with van der Waals surface area (Å²) in [5.74, 6) is -8.95. The van der Waals surface area contributed by atoms with Crippen LogP contribution in [0.25, 0.3) is 0 Å². The van der Waals surface area contributed by atoms with Crippen LogP contribution in [0.1, 0.15) is 33.1 Å². The molecule has 0 aliphatic rings. The maximum absolute atomic E-state index is 12.0. The number of aliphatic hydroxyl groups excluding tert-OH is 3. The lowest BCUT2D eigenvalue weighted by molar-refractivity contribution is -0.223. The van der Waals surface area contributed by atoms with Crippen LogP contribution >= 0.6 is 0 Å². The first-order valence-electron chi connectivity index (χ1n) is 8.97. The predicted molar refractivity (Wildman–Crippen MR) is 75.7 cm³/mol. The number of hydrogen-bond donors (Lipinski definition) is 5. The van der Waals surface area contributed by atoms with Crippen molar-refractivity contribution >= 4 is 28.9 Å². The van der Waals surface area contributed by atoms with Crippen LogP contribution in [0.3, 0.4) is 0 Å². The van der Waals surface area contributed by atoms with Gasteiger partial charge in [0.2, 0.25) is 5.78 Å². The molecule has 5 N–H and O–H groups in total. The number of aliphatic hydroxyl groups is 5. The summed E-state index contributed by atoms with van der Waals surface area (Å²) in [4.78, 5) is 58.7. The van der Waals surface area contributed by atoms with E-state index in [2.05, 4.69) is 0 Å². The molecular weight excluding hydrogens is 328 g/mol. The molecule has 0 aliphatic carbocycles. The fraction of sp³-hybridized carbons (Fsp3) is 0.643. The molecule has 24 heavy (non-hydrogen) atoms. The lowest BCUT2D eigenvalue weighted by Gasteiger charge is -2.42. The van der Waals surface area contributed by atoms with Crippen molar-refractivity contribution in [3.63, 3.8) is 0 Å². The van der Waals surface area contributed by atoms with Gasteiger partial charge < -0.3 is 25.5 Å². The topological polar surface area (TPSA) is 186 Å². The van der Waals surface area contributed by atoms with E-state index in [1.54, 1.807) is 0 Å². The molecule has 5 atom stereocenters. The Morgan fingerprint density at radius 2 is 1.25 bits per heavy atom. The van der Waals surface area contributed by atoms with Gasteiger partial charge in [-0.05, 0) is 20.7 Å². The summed E-state index contributed by atoms with van der Waals surface area (Å²) in [5.41, 5.74) is -7.78. The van der Waals surface area contributed by atoms with E-state index in [-0.39, 0.29) is 0 Å². The number of rotatable bonds is 9. The van der Waals surface area contributed by atoms with Gasteiger partial charge >= 0.3 is 0 Å². The highest BCUT2D eigenvalue weighted by molar-refractivity contribution is 6.38. The summed E-state index contributed by atoms with van der Waals surface area (Å²) in [5, 5.41) is 51.1. The van der Waals surface area contributed by atoms with Crippen LogP contribution in [-0.2, 0) is 24.0 Å². The third kappa shape index (κ3) is 3.47. The fourth-order valence-corrected chi connectivity index (χ4v) is 1.84. The second-order valence-corrected chi connectivity index (χ2v) is 4.96. The largest absolute Gasteiger partial charge is 0.386 e. The Morgan fingerprint density at radius 1 is 0.792 bits per heavy atom. The highest BCUT2D eigenvalue weighted by Crippen LogP contribution is 2.30. The lowest BCUT2D eigenvalue weighted by atomic mass is 9.71. The second-order valence-electron chi connectivity index (χ2n) is 4.96. The van der Waals surface area contributed by atoms with E-state index in [9.17, 15) is 49.5 Å².